The summed E-state index contributed by atoms with van der Waals surface area (Å²) in [5.74, 6) is 1.02. The molecule has 2 rings (SSSR count). The van der Waals surface area contributed by atoms with Crippen molar-refractivity contribution in [2.45, 2.75) is 44.9 Å². The fraction of sp³-hybridized carbons (Fsp3) is 0.600. The van der Waals surface area contributed by atoms with E-state index >= 15 is 0 Å². The topological polar surface area (TPSA) is 35.2 Å². The molecule has 1 aromatic carbocycles. The molecule has 1 aromatic rings. The summed E-state index contributed by atoms with van der Waals surface area (Å²) in [6, 6.07) is 4.38. The van der Waals surface area contributed by atoms with Crippen LogP contribution in [0.2, 0.25) is 0 Å². The Morgan fingerprint density at radius 2 is 1.88 bits per heavy atom. The lowest BCUT2D eigenvalue weighted by molar-refractivity contribution is 0.376. The molecule has 0 atom stereocenters. The van der Waals surface area contributed by atoms with E-state index < -0.39 is 0 Å². The Morgan fingerprint density at radius 1 is 1.24 bits per heavy atom. The Hall–Kier alpha value is -1.02. The summed E-state index contributed by atoms with van der Waals surface area (Å²) in [7, 11) is 1.76. The van der Waals surface area contributed by atoms with Crippen molar-refractivity contribution in [2.24, 2.45) is 5.73 Å². The normalized spacial score (nSPS) is 18.4. The fourth-order valence-electron chi connectivity index (χ4n) is 3.38. The molecule has 0 amide bonds. The molecule has 2 heteroatoms. The Morgan fingerprint density at radius 3 is 2.41 bits per heavy atom. The zero-order valence-corrected chi connectivity index (χ0v) is 11.2. The predicted octanol–water partition coefficient (Wildman–Crippen LogP) is 3.08. The van der Waals surface area contributed by atoms with Crippen molar-refractivity contribution in [1.29, 1.82) is 0 Å². The minimum Gasteiger partial charge on any atom is -0.496 e. The van der Waals surface area contributed by atoms with Gasteiger partial charge in [-0.05, 0) is 43.9 Å². The molecule has 0 aliphatic heterocycles. The number of rotatable bonds is 3. The van der Waals surface area contributed by atoms with Crippen molar-refractivity contribution in [2.75, 3.05) is 13.7 Å². The van der Waals surface area contributed by atoms with Crippen LogP contribution in [0.1, 0.15) is 42.4 Å². The van der Waals surface area contributed by atoms with E-state index in [1.807, 2.05) is 0 Å². The van der Waals surface area contributed by atoms with E-state index in [4.69, 9.17) is 10.5 Å². The molecule has 0 radical (unpaired) electrons. The molecular formula is C15H23NO. The molecule has 0 saturated heterocycles. The summed E-state index contributed by atoms with van der Waals surface area (Å²) in [5.41, 5.74) is 10.2. The van der Waals surface area contributed by atoms with Crippen molar-refractivity contribution in [3.63, 3.8) is 0 Å². The van der Waals surface area contributed by atoms with Crippen molar-refractivity contribution in [1.82, 2.24) is 0 Å². The first kappa shape index (κ1) is 12.4. The van der Waals surface area contributed by atoms with Crippen LogP contribution in [0.4, 0.5) is 0 Å². The molecule has 0 aromatic heterocycles. The number of aryl methyl sites for hydroxylation is 2. The number of nitrogens with two attached hydrogens (primary N) is 1. The third-order valence-corrected chi connectivity index (χ3v) is 4.15. The summed E-state index contributed by atoms with van der Waals surface area (Å²) in [5, 5.41) is 0. The molecule has 1 saturated carbocycles. The molecule has 0 unspecified atom stereocenters. The summed E-state index contributed by atoms with van der Waals surface area (Å²) >= 11 is 0. The Bertz CT molecular complexity index is 406. The van der Waals surface area contributed by atoms with Gasteiger partial charge in [-0.2, -0.15) is 0 Å². The highest BCUT2D eigenvalue weighted by atomic mass is 16.5. The molecule has 2 nitrogen and oxygen atoms in total. The summed E-state index contributed by atoms with van der Waals surface area (Å²) < 4.78 is 5.59. The first-order valence-electron chi connectivity index (χ1n) is 6.49. The molecule has 0 spiro atoms. The average molecular weight is 233 g/mol. The standard InChI is InChI=1S/C15H23NO/c1-11-8-12(2)14(13(9-11)17-3)15(10-16)6-4-5-7-15/h8-9H,4-7,10,16H2,1-3H3. The van der Waals surface area contributed by atoms with E-state index in [0.717, 1.165) is 12.3 Å². The lowest BCUT2D eigenvalue weighted by Crippen LogP contribution is -2.33. The molecule has 1 aliphatic rings. The second kappa shape index (κ2) is 4.69. The van der Waals surface area contributed by atoms with E-state index in [-0.39, 0.29) is 5.41 Å². The van der Waals surface area contributed by atoms with E-state index in [1.54, 1.807) is 7.11 Å². The molecule has 0 bridgehead atoms. The van der Waals surface area contributed by atoms with Crippen molar-refractivity contribution >= 4 is 0 Å². The minimum absolute atomic E-state index is 0.156. The number of ether oxygens (including phenoxy) is 1. The van der Waals surface area contributed by atoms with Gasteiger partial charge in [0.05, 0.1) is 7.11 Å². The molecule has 1 aliphatic carbocycles. The third kappa shape index (κ3) is 2.06. The Balaban J connectivity index is 2.56. The zero-order valence-electron chi connectivity index (χ0n) is 11.2. The minimum atomic E-state index is 0.156. The molecule has 0 heterocycles. The van der Waals surface area contributed by atoms with Gasteiger partial charge in [-0.3, -0.25) is 0 Å². The maximum Gasteiger partial charge on any atom is 0.123 e. The average Bonchev–Trinajstić information content (AvgIpc) is 2.77. The highest BCUT2D eigenvalue weighted by molar-refractivity contribution is 5.48. The van der Waals surface area contributed by atoms with Gasteiger partial charge in [0.2, 0.25) is 0 Å². The zero-order chi connectivity index (χ0) is 12.5. The van der Waals surface area contributed by atoms with E-state index in [0.29, 0.717) is 0 Å². The van der Waals surface area contributed by atoms with Gasteiger partial charge >= 0.3 is 0 Å². The summed E-state index contributed by atoms with van der Waals surface area (Å²) in [6.07, 6.45) is 4.97. The smallest absolute Gasteiger partial charge is 0.123 e. The first-order valence-corrected chi connectivity index (χ1v) is 6.49. The number of methoxy groups -OCH3 is 1. The molecular weight excluding hydrogens is 210 g/mol. The van der Waals surface area contributed by atoms with E-state index in [9.17, 15) is 0 Å². The van der Waals surface area contributed by atoms with Crippen LogP contribution in [0.5, 0.6) is 5.75 Å². The maximum atomic E-state index is 6.08. The van der Waals surface area contributed by atoms with Crippen molar-refractivity contribution in [3.05, 3.63) is 28.8 Å². The van der Waals surface area contributed by atoms with Gasteiger partial charge in [-0.15, -0.1) is 0 Å². The van der Waals surface area contributed by atoms with Crippen LogP contribution in [0, 0.1) is 13.8 Å². The highest BCUT2D eigenvalue weighted by Gasteiger charge is 2.37. The number of hydrogen-bond acceptors (Lipinski definition) is 2. The Kier molecular flexibility index (Phi) is 3.43. The van der Waals surface area contributed by atoms with Crippen LogP contribution < -0.4 is 10.5 Å². The lowest BCUT2D eigenvalue weighted by atomic mass is 9.76. The molecule has 2 N–H and O–H groups in total. The van der Waals surface area contributed by atoms with Crippen LogP contribution in [0.15, 0.2) is 12.1 Å². The van der Waals surface area contributed by atoms with E-state index in [2.05, 4.69) is 26.0 Å². The summed E-state index contributed by atoms with van der Waals surface area (Å²) in [4.78, 5) is 0. The predicted molar refractivity (Wildman–Crippen MR) is 71.7 cm³/mol. The molecule has 17 heavy (non-hydrogen) atoms. The molecule has 1 fully saturated rings. The van der Waals surface area contributed by atoms with Gasteiger partial charge < -0.3 is 10.5 Å². The maximum absolute atomic E-state index is 6.08. The van der Waals surface area contributed by atoms with Crippen LogP contribution >= 0.6 is 0 Å². The fourth-order valence-corrected chi connectivity index (χ4v) is 3.38. The quantitative estimate of drug-likeness (QED) is 0.870. The van der Waals surface area contributed by atoms with Crippen LogP contribution in [-0.4, -0.2) is 13.7 Å². The second-order valence-electron chi connectivity index (χ2n) is 5.35. The van der Waals surface area contributed by atoms with E-state index in [1.165, 1.54) is 42.4 Å². The third-order valence-electron chi connectivity index (χ3n) is 4.15. The number of hydrogen-bond donors (Lipinski definition) is 1. The van der Waals surface area contributed by atoms with Gasteiger partial charge in [-0.25, -0.2) is 0 Å². The SMILES string of the molecule is COc1cc(C)cc(C)c1C1(CN)CCCC1. The van der Waals surface area contributed by atoms with Crippen LogP contribution in [-0.2, 0) is 5.41 Å². The lowest BCUT2D eigenvalue weighted by Gasteiger charge is -2.31. The number of benzene rings is 1. The largest absolute Gasteiger partial charge is 0.496 e. The van der Waals surface area contributed by atoms with Gasteiger partial charge in [-0.1, -0.05) is 18.9 Å². The van der Waals surface area contributed by atoms with Gasteiger partial charge in [0.25, 0.3) is 0 Å². The second-order valence-corrected chi connectivity index (χ2v) is 5.35. The van der Waals surface area contributed by atoms with Crippen molar-refractivity contribution < 1.29 is 4.74 Å². The Labute approximate surface area is 104 Å². The monoisotopic (exact) mass is 233 g/mol. The van der Waals surface area contributed by atoms with Crippen LogP contribution in [0.25, 0.3) is 0 Å². The van der Waals surface area contributed by atoms with Crippen molar-refractivity contribution in [3.8, 4) is 5.75 Å². The van der Waals surface area contributed by atoms with Crippen LogP contribution in [0.3, 0.4) is 0 Å². The molecule has 94 valence electrons. The summed E-state index contributed by atoms with van der Waals surface area (Å²) in [6.45, 7) is 5.02. The highest BCUT2D eigenvalue weighted by Crippen LogP contribution is 2.45. The van der Waals surface area contributed by atoms with Gasteiger partial charge in [0, 0.05) is 17.5 Å². The first-order chi connectivity index (χ1) is 8.13. The van der Waals surface area contributed by atoms with Gasteiger partial charge in [0.1, 0.15) is 5.75 Å². The van der Waals surface area contributed by atoms with Gasteiger partial charge in [0.15, 0.2) is 0 Å².